The zero-order chi connectivity index (χ0) is 18.7. The minimum atomic E-state index is -2.79. The van der Waals surface area contributed by atoms with Crippen LogP contribution >= 0.6 is 7.26 Å². The van der Waals surface area contributed by atoms with E-state index in [1.54, 1.807) is 12.1 Å². The van der Waals surface area contributed by atoms with Crippen molar-refractivity contribution in [3.05, 3.63) is 109 Å². The Labute approximate surface area is 159 Å². The molecule has 0 aliphatic carbocycles. The second-order valence-electron chi connectivity index (χ2n) is 6.55. The summed E-state index contributed by atoms with van der Waals surface area (Å²) in [5, 5.41) is 25.4. The molecule has 0 fully saturated rings. The number of rotatable bonds is 4. The molecular weight excluding hydrogens is 351 g/mol. The van der Waals surface area contributed by atoms with Crippen molar-refractivity contribution in [1.29, 1.82) is 0 Å². The summed E-state index contributed by atoms with van der Waals surface area (Å²) in [5.41, 5.74) is 0. The van der Waals surface area contributed by atoms with Gasteiger partial charge in [-0.1, -0.05) is 0 Å². The van der Waals surface area contributed by atoms with Gasteiger partial charge in [0.05, 0.1) is 0 Å². The normalized spacial score (nSPS) is 11.9. The molecule has 0 saturated heterocycles. The van der Waals surface area contributed by atoms with Crippen LogP contribution in [0.3, 0.4) is 0 Å². The molecule has 3 heteroatoms. The Morgan fingerprint density at radius 3 is 1.30 bits per heavy atom. The van der Waals surface area contributed by atoms with Crippen molar-refractivity contribution in [3.8, 4) is 11.5 Å². The Balaban J connectivity index is 2.18. The number of phenolic OH excluding ortho intramolecular Hbond substituents is 2. The van der Waals surface area contributed by atoms with E-state index in [0.717, 1.165) is 21.2 Å². The number of phenols is 2. The first-order valence-corrected chi connectivity index (χ1v) is 10.9. The molecule has 4 aromatic rings. The molecular formula is C24H21O2P. The van der Waals surface area contributed by atoms with Crippen molar-refractivity contribution in [2.24, 2.45) is 0 Å². The van der Waals surface area contributed by atoms with Gasteiger partial charge in [-0.3, -0.25) is 0 Å². The van der Waals surface area contributed by atoms with Gasteiger partial charge in [-0.2, -0.15) is 0 Å². The minimum absolute atomic E-state index is 0.155. The molecule has 0 aromatic heterocycles. The van der Waals surface area contributed by atoms with E-state index in [4.69, 9.17) is 0 Å². The van der Waals surface area contributed by atoms with Gasteiger partial charge in [-0.15, -0.1) is 0 Å². The number of hydrogen-bond donors (Lipinski definition) is 2. The molecule has 2 N–H and O–H groups in total. The third-order valence-corrected chi connectivity index (χ3v) is 9.81. The van der Waals surface area contributed by atoms with E-state index in [1.807, 2.05) is 54.6 Å². The summed E-state index contributed by atoms with van der Waals surface area (Å²) in [5.74, 6) is 0.360. The molecule has 0 heterocycles. The summed E-state index contributed by atoms with van der Waals surface area (Å²) in [6, 6.07) is 35.7. The number of hydrogen-bond acceptors (Lipinski definition) is 2. The van der Waals surface area contributed by atoms with Gasteiger partial charge in [0.15, 0.2) is 0 Å². The summed E-state index contributed by atoms with van der Waals surface area (Å²) >= 11 is 0. The summed E-state index contributed by atoms with van der Waals surface area (Å²) in [6.45, 7) is 0. The van der Waals surface area contributed by atoms with Gasteiger partial charge in [-0.25, -0.2) is 0 Å². The average molecular weight is 372 g/mol. The molecule has 4 aromatic carbocycles. The molecule has 2 nitrogen and oxygen atoms in total. The van der Waals surface area contributed by atoms with Crippen LogP contribution in [-0.4, -0.2) is 10.2 Å². The van der Waals surface area contributed by atoms with Crippen LogP contribution in [0.1, 0.15) is 0 Å². The fourth-order valence-electron chi connectivity index (χ4n) is 3.86. The van der Waals surface area contributed by atoms with E-state index >= 15 is 0 Å². The van der Waals surface area contributed by atoms with Gasteiger partial charge in [0, 0.05) is 0 Å². The molecule has 0 spiro atoms. The van der Waals surface area contributed by atoms with Gasteiger partial charge < -0.3 is 0 Å². The maximum atomic E-state index is 10.9. The third kappa shape index (κ3) is 2.99. The van der Waals surface area contributed by atoms with Crippen LogP contribution in [0, 0.1) is 0 Å². The van der Waals surface area contributed by atoms with Gasteiger partial charge in [-0.05, 0) is 0 Å². The Morgan fingerprint density at radius 1 is 0.481 bits per heavy atom. The standard InChI is InChI=1S/C24H21O2P/c25-19-16-17-23(26)24(18-19)27(20-10-4-1-5-11-20,21-12-6-2-7-13-21)22-14-8-3-9-15-22/h1-18,25-27H. The maximum absolute atomic E-state index is 10.9. The van der Waals surface area contributed by atoms with E-state index in [2.05, 4.69) is 36.4 Å². The van der Waals surface area contributed by atoms with Crippen molar-refractivity contribution >= 4 is 28.5 Å². The van der Waals surface area contributed by atoms with Crippen LogP contribution in [0.4, 0.5) is 0 Å². The summed E-state index contributed by atoms with van der Waals surface area (Å²) in [4.78, 5) is 0. The summed E-state index contributed by atoms with van der Waals surface area (Å²) in [6.07, 6.45) is 0. The fourth-order valence-corrected chi connectivity index (χ4v) is 8.70. The van der Waals surface area contributed by atoms with Crippen LogP contribution in [0.2, 0.25) is 0 Å². The van der Waals surface area contributed by atoms with Crippen molar-refractivity contribution in [2.75, 3.05) is 0 Å². The molecule has 27 heavy (non-hydrogen) atoms. The summed E-state index contributed by atoms with van der Waals surface area (Å²) in [7, 11) is -2.79. The SMILES string of the molecule is Oc1ccc(O)c([PH](c2ccccc2)(c2ccccc2)c2ccccc2)c1. The van der Waals surface area contributed by atoms with E-state index in [1.165, 1.54) is 6.07 Å². The molecule has 0 unspecified atom stereocenters. The Morgan fingerprint density at radius 2 is 0.889 bits per heavy atom. The second kappa shape index (κ2) is 7.26. The molecule has 134 valence electrons. The second-order valence-corrected chi connectivity index (χ2v) is 10.3. The van der Waals surface area contributed by atoms with Crippen molar-refractivity contribution in [3.63, 3.8) is 0 Å². The topological polar surface area (TPSA) is 40.5 Å². The zero-order valence-electron chi connectivity index (χ0n) is 14.8. The van der Waals surface area contributed by atoms with E-state index in [-0.39, 0.29) is 11.5 Å². The predicted molar refractivity (Wildman–Crippen MR) is 116 cm³/mol. The Bertz CT molecular complexity index is 935. The van der Waals surface area contributed by atoms with Crippen LogP contribution in [-0.2, 0) is 0 Å². The molecule has 0 bridgehead atoms. The monoisotopic (exact) mass is 372 g/mol. The van der Waals surface area contributed by atoms with Gasteiger partial charge in [0.2, 0.25) is 0 Å². The molecule has 0 aliphatic heterocycles. The zero-order valence-corrected chi connectivity index (χ0v) is 15.8. The van der Waals surface area contributed by atoms with Gasteiger partial charge >= 0.3 is 159 Å². The number of benzene rings is 4. The first kappa shape index (κ1) is 17.3. The van der Waals surface area contributed by atoms with Crippen LogP contribution in [0.15, 0.2) is 109 Å². The first-order valence-electron chi connectivity index (χ1n) is 8.92. The Hall–Kier alpha value is -3.09. The van der Waals surface area contributed by atoms with Gasteiger partial charge in [0.1, 0.15) is 0 Å². The first-order chi connectivity index (χ1) is 13.2. The van der Waals surface area contributed by atoms with E-state index < -0.39 is 7.26 Å². The molecule has 0 aliphatic rings. The van der Waals surface area contributed by atoms with Crippen LogP contribution in [0.5, 0.6) is 11.5 Å². The van der Waals surface area contributed by atoms with E-state index in [9.17, 15) is 10.2 Å². The summed E-state index contributed by atoms with van der Waals surface area (Å²) < 4.78 is 0. The number of aromatic hydroxyl groups is 2. The quantitative estimate of drug-likeness (QED) is 0.426. The van der Waals surface area contributed by atoms with Crippen LogP contribution in [0.25, 0.3) is 0 Å². The predicted octanol–water partition coefficient (Wildman–Crippen LogP) is 3.45. The van der Waals surface area contributed by atoms with Gasteiger partial charge in [0.25, 0.3) is 0 Å². The van der Waals surface area contributed by atoms with Crippen molar-refractivity contribution in [2.45, 2.75) is 0 Å². The molecule has 0 atom stereocenters. The van der Waals surface area contributed by atoms with E-state index in [0.29, 0.717) is 0 Å². The molecule has 0 saturated carbocycles. The molecule has 4 rings (SSSR count). The molecule has 0 amide bonds. The molecule has 0 radical (unpaired) electrons. The third-order valence-electron chi connectivity index (χ3n) is 5.00. The van der Waals surface area contributed by atoms with Crippen molar-refractivity contribution in [1.82, 2.24) is 0 Å². The Kier molecular flexibility index (Phi) is 4.66. The average Bonchev–Trinajstić information content (AvgIpc) is 2.73. The van der Waals surface area contributed by atoms with Crippen LogP contribution < -0.4 is 21.2 Å². The van der Waals surface area contributed by atoms with Crippen molar-refractivity contribution < 1.29 is 10.2 Å². The fraction of sp³-hybridized carbons (Fsp3) is 0.